The molecular formula is C7H14N4O. The molecule has 2 N–H and O–H groups in total. The SMILES string of the molecule is CC.Cc1c(C(N)=O)nnn1C. The molecular weight excluding hydrogens is 156 g/mol. The van der Waals surface area contributed by atoms with Gasteiger partial charge in [0.2, 0.25) is 0 Å². The Kier molecular flexibility index (Phi) is 3.96. The van der Waals surface area contributed by atoms with E-state index in [1.807, 2.05) is 13.8 Å². The van der Waals surface area contributed by atoms with Crippen molar-refractivity contribution in [3.63, 3.8) is 0 Å². The van der Waals surface area contributed by atoms with Crippen molar-refractivity contribution in [3.05, 3.63) is 11.4 Å². The lowest BCUT2D eigenvalue weighted by atomic mass is 10.3. The van der Waals surface area contributed by atoms with Crippen molar-refractivity contribution in [1.29, 1.82) is 0 Å². The molecule has 0 spiro atoms. The standard InChI is InChI=1S/C5H8N4O.C2H6/c1-3-4(5(6)10)7-8-9(3)2;1-2/h1-2H3,(H2,6,10);1-2H3. The van der Waals surface area contributed by atoms with Gasteiger partial charge in [0.05, 0.1) is 5.69 Å². The fraction of sp³-hybridized carbons (Fsp3) is 0.571. The molecule has 1 amide bonds. The van der Waals surface area contributed by atoms with Crippen LogP contribution < -0.4 is 5.73 Å². The van der Waals surface area contributed by atoms with Gasteiger partial charge in [-0.2, -0.15) is 0 Å². The zero-order valence-corrected chi connectivity index (χ0v) is 7.83. The van der Waals surface area contributed by atoms with E-state index in [-0.39, 0.29) is 5.69 Å². The number of carbonyl (C=O) groups excluding carboxylic acids is 1. The van der Waals surface area contributed by atoms with Gasteiger partial charge >= 0.3 is 0 Å². The van der Waals surface area contributed by atoms with Crippen molar-refractivity contribution in [2.75, 3.05) is 0 Å². The summed E-state index contributed by atoms with van der Waals surface area (Å²) in [5.74, 6) is -0.536. The Bertz CT molecular complexity index is 266. The maximum atomic E-state index is 10.5. The molecule has 0 aliphatic heterocycles. The lowest BCUT2D eigenvalue weighted by molar-refractivity contribution is 0.0995. The van der Waals surface area contributed by atoms with E-state index in [2.05, 4.69) is 10.3 Å². The molecule has 1 aromatic heterocycles. The summed E-state index contributed by atoms with van der Waals surface area (Å²) in [6.45, 7) is 5.74. The van der Waals surface area contributed by atoms with E-state index in [0.29, 0.717) is 5.69 Å². The Morgan fingerprint density at radius 1 is 1.50 bits per heavy atom. The van der Waals surface area contributed by atoms with Gasteiger partial charge in [0.1, 0.15) is 0 Å². The lowest BCUT2D eigenvalue weighted by Gasteiger charge is -1.90. The van der Waals surface area contributed by atoms with Crippen molar-refractivity contribution in [2.24, 2.45) is 12.8 Å². The molecule has 0 saturated heterocycles. The van der Waals surface area contributed by atoms with E-state index in [4.69, 9.17) is 5.73 Å². The van der Waals surface area contributed by atoms with Crippen LogP contribution >= 0.6 is 0 Å². The third-order valence-corrected chi connectivity index (χ3v) is 1.34. The van der Waals surface area contributed by atoms with Crippen LogP contribution in [0.25, 0.3) is 0 Å². The highest BCUT2D eigenvalue weighted by Crippen LogP contribution is 1.98. The Balaban J connectivity index is 0.000000561. The zero-order chi connectivity index (χ0) is 9.72. The maximum Gasteiger partial charge on any atom is 0.271 e. The van der Waals surface area contributed by atoms with Gasteiger partial charge in [0.15, 0.2) is 5.69 Å². The molecule has 0 aliphatic rings. The largest absolute Gasteiger partial charge is 0.364 e. The van der Waals surface area contributed by atoms with Gasteiger partial charge in [0, 0.05) is 7.05 Å². The van der Waals surface area contributed by atoms with E-state index < -0.39 is 5.91 Å². The summed E-state index contributed by atoms with van der Waals surface area (Å²) in [4.78, 5) is 10.5. The summed E-state index contributed by atoms with van der Waals surface area (Å²) in [6.07, 6.45) is 0. The molecule has 0 aliphatic carbocycles. The summed E-state index contributed by atoms with van der Waals surface area (Å²) in [7, 11) is 1.70. The Morgan fingerprint density at radius 2 is 2.00 bits per heavy atom. The van der Waals surface area contributed by atoms with Crippen molar-refractivity contribution in [2.45, 2.75) is 20.8 Å². The highest BCUT2D eigenvalue weighted by molar-refractivity contribution is 5.91. The normalized spacial score (nSPS) is 8.67. The lowest BCUT2D eigenvalue weighted by Crippen LogP contribution is -2.13. The minimum absolute atomic E-state index is 0.238. The zero-order valence-electron chi connectivity index (χ0n) is 7.83. The number of primary amides is 1. The maximum absolute atomic E-state index is 10.5. The molecule has 1 aromatic rings. The van der Waals surface area contributed by atoms with Gasteiger partial charge in [-0.25, -0.2) is 0 Å². The number of aryl methyl sites for hydroxylation is 1. The number of hydrogen-bond acceptors (Lipinski definition) is 3. The average Bonchev–Trinajstić information content (AvgIpc) is 2.37. The topological polar surface area (TPSA) is 73.8 Å². The summed E-state index contributed by atoms with van der Waals surface area (Å²) < 4.78 is 1.50. The number of carbonyl (C=O) groups is 1. The molecule has 0 saturated carbocycles. The van der Waals surface area contributed by atoms with Gasteiger partial charge in [-0.1, -0.05) is 19.1 Å². The third-order valence-electron chi connectivity index (χ3n) is 1.34. The van der Waals surface area contributed by atoms with E-state index in [1.165, 1.54) is 4.68 Å². The minimum Gasteiger partial charge on any atom is -0.364 e. The predicted octanol–water partition coefficient (Wildman–Crippen LogP) is 0.249. The van der Waals surface area contributed by atoms with Gasteiger partial charge in [-0.3, -0.25) is 9.48 Å². The van der Waals surface area contributed by atoms with Gasteiger partial charge in [-0.05, 0) is 6.92 Å². The van der Waals surface area contributed by atoms with Crippen molar-refractivity contribution in [3.8, 4) is 0 Å². The molecule has 0 bridgehead atoms. The number of amides is 1. The first kappa shape index (κ1) is 10.6. The Hall–Kier alpha value is -1.39. The van der Waals surface area contributed by atoms with Crippen LogP contribution in [0.2, 0.25) is 0 Å². The van der Waals surface area contributed by atoms with Crippen LogP contribution in [-0.4, -0.2) is 20.9 Å². The van der Waals surface area contributed by atoms with Crippen LogP contribution in [0, 0.1) is 6.92 Å². The molecule has 1 rings (SSSR count). The smallest absolute Gasteiger partial charge is 0.271 e. The Labute approximate surface area is 71.6 Å². The number of hydrogen-bond donors (Lipinski definition) is 1. The monoisotopic (exact) mass is 170 g/mol. The fourth-order valence-corrected chi connectivity index (χ4v) is 0.632. The fourth-order valence-electron chi connectivity index (χ4n) is 0.632. The van der Waals surface area contributed by atoms with Gasteiger partial charge in [0.25, 0.3) is 5.91 Å². The van der Waals surface area contributed by atoms with Gasteiger partial charge in [-0.15, -0.1) is 5.10 Å². The molecule has 1 heterocycles. The van der Waals surface area contributed by atoms with E-state index >= 15 is 0 Å². The van der Waals surface area contributed by atoms with Crippen molar-refractivity contribution < 1.29 is 4.79 Å². The molecule has 0 fully saturated rings. The van der Waals surface area contributed by atoms with E-state index in [9.17, 15) is 4.79 Å². The van der Waals surface area contributed by atoms with Crippen LogP contribution in [0.1, 0.15) is 30.0 Å². The second kappa shape index (κ2) is 4.48. The van der Waals surface area contributed by atoms with E-state index in [1.54, 1.807) is 14.0 Å². The highest BCUT2D eigenvalue weighted by atomic mass is 16.1. The van der Waals surface area contributed by atoms with Crippen LogP contribution in [0.3, 0.4) is 0 Å². The quantitative estimate of drug-likeness (QED) is 0.656. The molecule has 0 unspecified atom stereocenters. The molecule has 5 nitrogen and oxygen atoms in total. The van der Waals surface area contributed by atoms with Crippen LogP contribution in [0.5, 0.6) is 0 Å². The van der Waals surface area contributed by atoms with Crippen molar-refractivity contribution in [1.82, 2.24) is 15.0 Å². The minimum atomic E-state index is -0.536. The van der Waals surface area contributed by atoms with Crippen LogP contribution in [0.4, 0.5) is 0 Å². The summed E-state index contributed by atoms with van der Waals surface area (Å²) in [5.41, 5.74) is 5.90. The second-order valence-corrected chi connectivity index (χ2v) is 2.01. The first-order valence-corrected chi connectivity index (χ1v) is 3.79. The van der Waals surface area contributed by atoms with Gasteiger partial charge < -0.3 is 5.73 Å². The van der Waals surface area contributed by atoms with Crippen LogP contribution in [-0.2, 0) is 7.05 Å². The number of nitrogens with zero attached hydrogens (tertiary/aromatic N) is 3. The molecule has 12 heavy (non-hydrogen) atoms. The number of aromatic nitrogens is 3. The third kappa shape index (κ3) is 2.05. The second-order valence-electron chi connectivity index (χ2n) is 2.01. The predicted molar refractivity (Wildman–Crippen MR) is 45.6 cm³/mol. The van der Waals surface area contributed by atoms with E-state index in [0.717, 1.165) is 0 Å². The summed E-state index contributed by atoms with van der Waals surface area (Å²) in [6, 6.07) is 0. The average molecular weight is 170 g/mol. The number of nitrogens with two attached hydrogens (primary N) is 1. The first-order chi connectivity index (χ1) is 5.63. The molecule has 68 valence electrons. The molecule has 0 radical (unpaired) electrons. The summed E-state index contributed by atoms with van der Waals surface area (Å²) in [5, 5.41) is 7.16. The molecule has 0 atom stereocenters. The Morgan fingerprint density at radius 3 is 2.17 bits per heavy atom. The number of rotatable bonds is 1. The molecule has 0 aromatic carbocycles. The molecule has 5 heteroatoms. The van der Waals surface area contributed by atoms with Crippen molar-refractivity contribution >= 4 is 5.91 Å². The first-order valence-electron chi connectivity index (χ1n) is 3.79. The highest BCUT2D eigenvalue weighted by Gasteiger charge is 2.09. The van der Waals surface area contributed by atoms with Crippen LogP contribution in [0.15, 0.2) is 0 Å². The summed E-state index contributed by atoms with van der Waals surface area (Å²) >= 11 is 0.